The Hall–Kier alpha value is -11.9. The van der Waals surface area contributed by atoms with Gasteiger partial charge in [0.1, 0.15) is 30.3 Å². The van der Waals surface area contributed by atoms with Gasteiger partial charge in [0, 0.05) is 90.9 Å². The third-order valence-corrected chi connectivity index (χ3v) is 18.4. The summed E-state index contributed by atoms with van der Waals surface area (Å²) in [6, 6.07) is 31.3. The van der Waals surface area contributed by atoms with E-state index in [0.717, 1.165) is 0 Å². The van der Waals surface area contributed by atoms with E-state index in [-0.39, 0.29) is 101 Å². The SMILES string of the molecule is [2H]C([2H])(N)C([2H])([2H])C([2H])([2H])C([2H])([2H])[C@H](NC(=O)[C@@H](CC(=O)[C@@H](CCCN=C(N)N)NC(=O)OCc1ccccc1)Cc1c(C)cc(O)cc1C)C(=O)C[C@@H](Cc1ccccc1)C(N)=O.[2H]C([2H])(NC(=O)OC(C)(C)C)C([2H])([2H])C([2H])([2H])C([2H])([2H])[C@H](NC(=O)[C@@H](CC(=O)[C@@H](CCCN=C(N)N)NC(=O)OCc1ccccc1)Cc1c(C)cc(O)cc1C)C(=O)C[C@@H](Cc1ccccc1)C(N)=O.[B]=O.[B]P. The van der Waals surface area contributed by atoms with Gasteiger partial charge in [-0.1, -0.05) is 121 Å². The summed E-state index contributed by atoms with van der Waals surface area (Å²) in [7, 11) is 9.58. The number of primary amides is 2. The second kappa shape index (κ2) is 57.4. The van der Waals surface area contributed by atoms with E-state index >= 15 is 0 Å². The number of carbonyl (C=O) groups is 11. The summed E-state index contributed by atoms with van der Waals surface area (Å²) in [6.07, 6.45) is -31.3. The number of aromatic hydroxyl groups is 2. The number of carbonyl (C=O) groups excluding carboxylic acids is 11. The van der Waals surface area contributed by atoms with Gasteiger partial charge in [0.05, 0.1) is 31.7 Å². The number of aliphatic imine (C=N–C) groups is 2. The number of aryl methyl sites for hydroxylation is 4. The largest absolute Gasteiger partial charge is 0.187 e. The molecule has 31 nitrogen and oxygen atoms in total. The van der Waals surface area contributed by atoms with Crippen molar-refractivity contribution in [2.75, 3.05) is 26.1 Å². The van der Waals surface area contributed by atoms with E-state index in [1.54, 1.807) is 154 Å². The summed E-state index contributed by atoms with van der Waals surface area (Å²) in [5.41, 5.74) is 42.5. The smallest absolute Gasteiger partial charge is 0.0996 e. The van der Waals surface area contributed by atoms with Crippen LogP contribution in [0.1, 0.15) is 188 Å². The number of Topliss-reactive ketones (excluding diaryl/α,β-unsaturated/α-hetero) is 4. The van der Waals surface area contributed by atoms with E-state index in [1.807, 2.05) is 9.12 Å². The van der Waals surface area contributed by atoms with Crippen LogP contribution in [0.3, 0.4) is 0 Å². The predicted octanol–water partition coefficient (Wildman–Crippen LogP) is 7.80. The van der Waals surface area contributed by atoms with E-state index in [9.17, 15) is 65.7 Å². The normalized spacial score (nSPS) is 15.5. The summed E-state index contributed by atoms with van der Waals surface area (Å²) in [5, 5.41) is 31.7. The number of alkyl carbamates (subject to hydrolysis) is 3. The summed E-state index contributed by atoms with van der Waals surface area (Å²) in [4.78, 5) is 160. The van der Waals surface area contributed by atoms with Gasteiger partial charge in [0.2, 0.25) is 23.6 Å². The zero-order chi connectivity index (χ0) is 106. The third kappa shape index (κ3) is 42.5. The molecular formula is C89H124B2N14O17P. The zero-order valence-corrected chi connectivity index (χ0v) is 71.1. The number of guanidine groups is 2. The third-order valence-electron chi connectivity index (χ3n) is 18.4. The molecule has 0 aliphatic heterocycles. The molecule has 6 rings (SSSR count). The molecule has 0 aromatic heterocycles. The van der Waals surface area contributed by atoms with Crippen molar-refractivity contribution < 1.29 is 104 Å². The summed E-state index contributed by atoms with van der Waals surface area (Å²) in [6.45, 7) is 3.17. The molecule has 9 atom stereocenters. The molecular weight excluding hydrogens is 1590 g/mol. The molecule has 663 valence electrons. The van der Waals surface area contributed by atoms with Crippen molar-refractivity contribution in [1.29, 1.82) is 0 Å². The maximum Gasteiger partial charge on any atom is 0.0996 e. The first-order valence-corrected chi connectivity index (χ1v) is 39.5. The fourth-order valence-electron chi connectivity index (χ4n) is 12.5. The van der Waals surface area contributed by atoms with Crippen LogP contribution in [0.4, 0.5) is 14.4 Å². The molecule has 34 heteroatoms. The second-order valence-electron chi connectivity index (χ2n) is 29.2. The fourth-order valence-corrected chi connectivity index (χ4v) is 12.5. The van der Waals surface area contributed by atoms with Crippen molar-refractivity contribution in [3.05, 3.63) is 201 Å². The molecule has 21 N–H and O–H groups in total. The molecule has 6 aromatic rings. The molecule has 0 spiro atoms. The van der Waals surface area contributed by atoms with Gasteiger partial charge in [-0.3, -0.25) is 48.3 Å². The fraction of sp³-hybridized carbons (Fsp3) is 0.449. The van der Waals surface area contributed by atoms with E-state index < -0.39 is 195 Å². The standard InChI is InChI=1S/C47H65N7O9.C42H57N7O7.BO.BH2P/c1-30-23-36(55)24-31(2)37(30)26-35(28-41(57)39(20-14-22-51-44(49)50)54-46(61)62-29-33-17-10-7-11-18-33)43(59)53-38(19-12-13-21-52-45(60)63-47(3,4)5)40(56)27-34(42(48)58)25-32-15-8-6-9-16-32;1-27-20-33(50)21-28(2)34(27)23-32(25-38(52)36(17-11-19-47-41(45)46)49-42(55)56-26-30-14-7-4-8-15-30)40(54)48-35(16-9-10-18-43)37(51)24-31(39(44)53)22-29-12-5-3-6-13-29;2*1-2/h6-11,15-18,23-24,34-35,38-39,55H,12-14,19-22,25-29H2,1-5H3,(H2,48,58)(H,52,60)(H,53,59)(H,54,61)(H4,49,50,51);3-8,12-15,20-21,31-32,35-36,50H,9-11,16-19,22-26,43H2,1-2H3,(H2,44,53)(H,48,54)(H,49,55)(H4,45,46,47);;2H2/t34-,35-,38+,39-;31-,32-,35+,36-;;/m11../s1/i12D2,13D2,19D2,21D2;9D2,10D2,16D2,18D2;;. The van der Waals surface area contributed by atoms with Crippen LogP contribution in [0.15, 0.2) is 156 Å². The molecule has 123 heavy (non-hydrogen) atoms. The Bertz CT molecular complexity index is 5150. The van der Waals surface area contributed by atoms with Gasteiger partial charge in [0.15, 0.2) is 35.1 Å². The van der Waals surface area contributed by atoms with Crippen LogP contribution in [0.2, 0.25) is 0 Å². The van der Waals surface area contributed by atoms with Crippen molar-refractivity contribution in [3.63, 3.8) is 0 Å². The zero-order valence-electron chi connectivity index (χ0n) is 86.0. The molecule has 0 fully saturated rings. The molecule has 0 saturated carbocycles. The van der Waals surface area contributed by atoms with E-state index in [0.29, 0.717) is 55.6 Å². The van der Waals surface area contributed by atoms with Crippen molar-refractivity contribution >= 4 is 101 Å². The number of hydrogen-bond donors (Lipinski definition) is 14. The minimum absolute atomic E-state index is 0.0266. The first-order chi connectivity index (χ1) is 64.5. The topological polar surface area (TPSA) is 540 Å². The van der Waals surface area contributed by atoms with Crippen LogP contribution >= 0.6 is 9.12 Å². The summed E-state index contributed by atoms with van der Waals surface area (Å²) >= 11 is 0. The number of rotatable bonds is 49. The maximum atomic E-state index is 14.9. The molecule has 6 aromatic carbocycles. The van der Waals surface area contributed by atoms with Gasteiger partial charge in [-0.2, -0.15) is 9.12 Å². The number of ketones is 4. The number of phenols is 2. The van der Waals surface area contributed by atoms with Gasteiger partial charge in [-0.15, -0.1) is 0 Å². The van der Waals surface area contributed by atoms with E-state index in [2.05, 4.69) is 46.5 Å². The number of amides is 7. The van der Waals surface area contributed by atoms with Crippen molar-refractivity contribution in [2.45, 2.75) is 207 Å². The summed E-state index contributed by atoms with van der Waals surface area (Å²) < 4.78 is 162. The van der Waals surface area contributed by atoms with Crippen molar-refractivity contribution in [2.24, 2.45) is 73.8 Å². The number of nitrogens with one attached hydrogen (secondary N) is 5. The van der Waals surface area contributed by atoms with Crippen molar-refractivity contribution in [3.8, 4) is 11.5 Å². The van der Waals surface area contributed by atoms with E-state index in [4.69, 9.17) is 78.2 Å². The molecule has 0 heterocycles. The Morgan fingerprint density at radius 3 is 1.08 bits per heavy atom. The average Bonchev–Trinajstić information content (AvgIpc) is 0.727. The number of benzene rings is 6. The summed E-state index contributed by atoms with van der Waals surface area (Å²) in [5.74, 6) is -15.2. The van der Waals surface area contributed by atoms with Crippen LogP contribution in [0.5, 0.6) is 11.5 Å². The van der Waals surface area contributed by atoms with Crippen LogP contribution in [0.25, 0.3) is 0 Å². The van der Waals surface area contributed by atoms with Gasteiger partial charge < -0.3 is 91.1 Å². The van der Waals surface area contributed by atoms with Gasteiger partial charge in [0.25, 0.3) is 0 Å². The molecule has 1 unspecified atom stereocenters. The first kappa shape index (κ1) is 80.9. The maximum absolute atomic E-state index is 14.9. The monoisotopic (exact) mass is 1730 g/mol. The number of nitrogens with two attached hydrogens (primary N) is 7. The number of ether oxygens (including phenoxy) is 3. The number of phenolic OH excluding ortho intramolecular Hbond substituents is 2. The molecule has 0 saturated heterocycles. The average molecular weight is 1730 g/mol. The Labute approximate surface area is 748 Å². The van der Waals surface area contributed by atoms with Crippen LogP contribution in [0, 0.1) is 51.4 Å². The van der Waals surface area contributed by atoms with Gasteiger partial charge in [-0.25, -0.2) is 14.4 Å². The molecule has 3 radical (unpaired) electrons. The van der Waals surface area contributed by atoms with Crippen LogP contribution in [-0.4, -0.2) is 158 Å². The minimum atomic E-state index is -4.15. The van der Waals surface area contributed by atoms with E-state index in [1.165, 1.54) is 45.0 Å². The van der Waals surface area contributed by atoms with Gasteiger partial charge in [-0.05, 0) is 224 Å². The second-order valence-corrected chi connectivity index (χ2v) is 29.2. The van der Waals surface area contributed by atoms with Crippen LogP contribution < -0.4 is 66.7 Å². The number of nitrogens with zero attached hydrogens (tertiary/aromatic N) is 2. The Balaban J connectivity index is 0.000000694. The molecule has 7 amide bonds. The number of hydrogen-bond acceptors (Lipinski definition) is 20. The predicted molar refractivity (Wildman–Crippen MR) is 477 cm³/mol. The Morgan fingerprint density at radius 2 is 0.764 bits per heavy atom. The molecule has 0 aliphatic rings. The van der Waals surface area contributed by atoms with Crippen molar-refractivity contribution in [1.82, 2.24) is 26.6 Å². The Morgan fingerprint density at radius 1 is 0.447 bits per heavy atom. The Kier molecular flexibility index (Phi) is 37.8. The van der Waals surface area contributed by atoms with Crippen LogP contribution in [-0.2, 0) is 96.2 Å². The molecule has 0 bridgehead atoms. The molecule has 0 aliphatic carbocycles. The van der Waals surface area contributed by atoms with Gasteiger partial charge >= 0.3 is 30.7 Å². The minimum Gasteiger partial charge on any atom is -0.187 e. The first-order valence-electron chi connectivity index (χ1n) is 46.9. The quantitative estimate of drug-likeness (QED) is 0.00432.